The predicted octanol–water partition coefficient (Wildman–Crippen LogP) is 2.97. The van der Waals surface area contributed by atoms with E-state index in [1.54, 1.807) is 11.3 Å². The molecular formula is C13H20Cl2N2OS. The fourth-order valence-electron chi connectivity index (χ4n) is 2.31. The van der Waals surface area contributed by atoms with Crippen LogP contribution in [0.4, 0.5) is 0 Å². The third-order valence-electron chi connectivity index (χ3n) is 3.39. The van der Waals surface area contributed by atoms with Gasteiger partial charge in [-0.3, -0.25) is 4.79 Å². The number of nitrogens with zero attached hydrogens (tertiary/aromatic N) is 1. The molecular weight excluding hydrogens is 303 g/mol. The van der Waals surface area contributed by atoms with Crippen LogP contribution in [0.2, 0.25) is 5.02 Å². The monoisotopic (exact) mass is 322 g/mol. The highest BCUT2D eigenvalue weighted by Gasteiger charge is 2.22. The Labute approximate surface area is 129 Å². The maximum absolute atomic E-state index is 12.1. The van der Waals surface area contributed by atoms with E-state index in [1.165, 1.54) is 11.3 Å². The molecule has 3 nitrogen and oxygen atoms in total. The Kier molecular flexibility index (Phi) is 7.15. The molecule has 1 aromatic heterocycles. The predicted molar refractivity (Wildman–Crippen MR) is 83.6 cm³/mol. The second-order valence-electron chi connectivity index (χ2n) is 4.70. The molecule has 0 saturated carbocycles. The van der Waals surface area contributed by atoms with Crippen LogP contribution in [0.25, 0.3) is 0 Å². The third kappa shape index (κ3) is 4.95. The van der Waals surface area contributed by atoms with Crippen molar-refractivity contribution in [1.29, 1.82) is 0 Å². The van der Waals surface area contributed by atoms with Crippen molar-refractivity contribution in [2.45, 2.75) is 31.7 Å². The van der Waals surface area contributed by atoms with Crippen LogP contribution in [0, 0.1) is 0 Å². The lowest BCUT2D eigenvalue weighted by molar-refractivity contribution is -0.132. The first-order chi connectivity index (χ1) is 8.69. The summed E-state index contributed by atoms with van der Waals surface area (Å²) >= 11 is 7.50. The van der Waals surface area contributed by atoms with Gasteiger partial charge >= 0.3 is 0 Å². The van der Waals surface area contributed by atoms with Gasteiger partial charge in [0.2, 0.25) is 5.91 Å². The van der Waals surface area contributed by atoms with E-state index in [-0.39, 0.29) is 18.3 Å². The van der Waals surface area contributed by atoms with Crippen molar-refractivity contribution in [3.8, 4) is 0 Å². The molecule has 1 unspecified atom stereocenters. The molecule has 2 rings (SSSR count). The van der Waals surface area contributed by atoms with E-state index in [9.17, 15) is 4.79 Å². The average Bonchev–Trinajstić information content (AvgIpc) is 2.82. The number of rotatable bonds is 4. The molecule has 19 heavy (non-hydrogen) atoms. The van der Waals surface area contributed by atoms with Crippen LogP contribution in [0.3, 0.4) is 0 Å². The largest absolute Gasteiger partial charge is 0.341 e. The lowest BCUT2D eigenvalue weighted by Crippen LogP contribution is -2.47. The lowest BCUT2D eigenvalue weighted by atomic mass is 10.1. The summed E-state index contributed by atoms with van der Waals surface area (Å²) in [5.41, 5.74) is 0. The molecule has 1 aromatic rings. The molecule has 1 fully saturated rings. The van der Waals surface area contributed by atoms with Gasteiger partial charge in [0.25, 0.3) is 0 Å². The van der Waals surface area contributed by atoms with Crippen LogP contribution in [0.1, 0.15) is 24.1 Å². The minimum atomic E-state index is 0. The quantitative estimate of drug-likeness (QED) is 0.924. The molecule has 1 N–H and O–H groups in total. The number of likely N-dealkylation sites (tertiary alicyclic amines) is 1. The summed E-state index contributed by atoms with van der Waals surface area (Å²) in [4.78, 5) is 15.3. The Morgan fingerprint density at radius 1 is 1.63 bits per heavy atom. The number of nitrogens with one attached hydrogen (secondary N) is 1. The molecule has 1 saturated heterocycles. The van der Waals surface area contributed by atoms with Crippen LogP contribution in [0.15, 0.2) is 11.4 Å². The van der Waals surface area contributed by atoms with Gasteiger partial charge in [0.05, 0.1) is 5.02 Å². The summed E-state index contributed by atoms with van der Waals surface area (Å²) in [6.07, 6.45) is 3.66. The molecule has 6 heteroatoms. The highest BCUT2D eigenvalue weighted by Crippen LogP contribution is 2.21. The standard InChI is InChI=1S/C13H19ClN2OS.ClH/c1-15-11-3-2-6-16(8-11)13(17)5-4-12-7-10(14)9-18-12;/h7,9,11,15H,2-6,8H2,1H3;1H. The Morgan fingerprint density at radius 2 is 2.42 bits per heavy atom. The van der Waals surface area contributed by atoms with Crippen molar-refractivity contribution < 1.29 is 4.79 Å². The van der Waals surface area contributed by atoms with Crippen LogP contribution in [0.5, 0.6) is 0 Å². The van der Waals surface area contributed by atoms with E-state index in [2.05, 4.69) is 5.32 Å². The minimum Gasteiger partial charge on any atom is -0.341 e. The minimum absolute atomic E-state index is 0. The lowest BCUT2D eigenvalue weighted by Gasteiger charge is -2.32. The van der Waals surface area contributed by atoms with Crippen molar-refractivity contribution in [1.82, 2.24) is 10.2 Å². The molecule has 1 aliphatic heterocycles. The molecule has 0 aromatic carbocycles. The van der Waals surface area contributed by atoms with Gasteiger partial charge in [0.15, 0.2) is 0 Å². The Morgan fingerprint density at radius 3 is 3.05 bits per heavy atom. The number of amides is 1. The number of piperidine rings is 1. The molecule has 1 aliphatic rings. The summed E-state index contributed by atoms with van der Waals surface area (Å²) in [6, 6.07) is 2.41. The molecule has 0 radical (unpaired) electrons. The van der Waals surface area contributed by atoms with E-state index in [4.69, 9.17) is 11.6 Å². The van der Waals surface area contributed by atoms with E-state index in [0.29, 0.717) is 12.5 Å². The zero-order valence-electron chi connectivity index (χ0n) is 11.0. The van der Waals surface area contributed by atoms with Crippen molar-refractivity contribution in [2.75, 3.05) is 20.1 Å². The number of hydrogen-bond donors (Lipinski definition) is 1. The van der Waals surface area contributed by atoms with Gasteiger partial charge in [-0.05, 0) is 32.4 Å². The van der Waals surface area contributed by atoms with E-state index in [0.717, 1.165) is 31.0 Å². The molecule has 1 atom stereocenters. The highest BCUT2D eigenvalue weighted by atomic mass is 35.5. The topological polar surface area (TPSA) is 32.3 Å². The van der Waals surface area contributed by atoms with Gasteiger partial charge in [-0.2, -0.15) is 0 Å². The first kappa shape index (κ1) is 16.8. The highest BCUT2D eigenvalue weighted by molar-refractivity contribution is 7.10. The van der Waals surface area contributed by atoms with Crippen molar-refractivity contribution in [2.24, 2.45) is 0 Å². The van der Waals surface area contributed by atoms with Gasteiger partial charge in [0.1, 0.15) is 0 Å². The number of aryl methyl sites for hydroxylation is 1. The van der Waals surface area contributed by atoms with Crippen LogP contribution < -0.4 is 5.32 Å². The average molecular weight is 323 g/mol. The van der Waals surface area contributed by atoms with Gasteiger partial charge in [-0.1, -0.05) is 11.6 Å². The molecule has 1 amide bonds. The molecule has 0 spiro atoms. The fourth-order valence-corrected chi connectivity index (χ4v) is 3.39. The van der Waals surface area contributed by atoms with E-state index < -0.39 is 0 Å². The van der Waals surface area contributed by atoms with Crippen molar-refractivity contribution in [3.63, 3.8) is 0 Å². The van der Waals surface area contributed by atoms with E-state index >= 15 is 0 Å². The third-order valence-corrected chi connectivity index (χ3v) is 4.73. The molecule has 2 heterocycles. The summed E-state index contributed by atoms with van der Waals surface area (Å²) in [7, 11) is 1.96. The van der Waals surface area contributed by atoms with Gasteiger partial charge in [0, 0.05) is 35.8 Å². The SMILES string of the molecule is CNC1CCCN(C(=O)CCc2cc(Cl)cs2)C1.Cl. The normalized spacial score (nSPS) is 19.1. The van der Waals surface area contributed by atoms with Crippen LogP contribution in [-0.2, 0) is 11.2 Å². The zero-order chi connectivity index (χ0) is 13.0. The van der Waals surface area contributed by atoms with Crippen molar-refractivity contribution in [3.05, 3.63) is 21.3 Å². The second kappa shape index (κ2) is 8.10. The number of halogens is 2. The fraction of sp³-hybridized carbons (Fsp3) is 0.615. The van der Waals surface area contributed by atoms with Gasteiger partial charge in [-0.15, -0.1) is 23.7 Å². The maximum Gasteiger partial charge on any atom is 0.222 e. The second-order valence-corrected chi connectivity index (χ2v) is 6.13. The van der Waals surface area contributed by atoms with E-state index in [1.807, 2.05) is 23.4 Å². The first-order valence-corrected chi connectivity index (χ1v) is 7.62. The number of carbonyl (C=O) groups is 1. The summed E-state index contributed by atoms with van der Waals surface area (Å²) < 4.78 is 0. The molecule has 108 valence electrons. The van der Waals surface area contributed by atoms with Gasteiger partial charge < -0.3 is 10.2 Å². The Hall–Kier alpha value is -0.290. The smallest absolute Gasteiger partial charge is 0.222 e. The number of carbonyl (C=O) groups excluding carboxylic acids is 1. The van der Waals surface area contributed by atoms with Crippen molar-refractivity contribution >= 4 is 41.3 Å². The molecule has 0 bridgehead atoms. The molecule has 0 aliphatic carbocycles. The van der Waals surface area contributed by atoms with Crippen LogP contribution in [-0.4, -0.2) is 37.0 Å². The maximum atomic E-state index is 12.1. The zero-order valence-corrected chi connectivity index (χ0v) is 13.4. The first-order valence-electron chi connectivity index (χ1n) is 6.37. The Bertz CT molecular complexity index is 411. The van der Waals surface area contributed by atoms with Crippen LogP contribution >= 0.6 is 35.3 Å². The summed E-state index contributed by atoms with van der Waals surface area (Å²) in [5.74, 6) is 0.263. The summed E-state index contributed by atoms with van der Waals surface area (Å²) in [6.45, 7) is 1.75. The number of likely N-dealkylation sites (N-methyl/N-ethyl adjacent to an activating group) is 1. The number of hydrogen-bond acceptors (Lipinski definition) is 3. The number of thiophene rings is 1. The summed E-state index contributed by atoms with van der Waals surface area (Å²) in [5, 5.41) is 5.95. The Balaban J connectivity index is 0.00000180. The van der Waals surface area contributed by atoms with Gasteiger partial charge in [-0.25, -0.2) is 0 Å².